The Morgan fingerprint density at radius 2 is 1.65 bits per heavy atom. The molecule has 0 bridgehead atoms. The Morgan fingerprint density at radius 1 is 1.00 bits per heavy atom. The first-order chi connectivity index (χ1) is 14.8. The molecule has 1 N–H and O–H groups in total. The number of halogens is 1. The zero-order valence-corrected chi connectivity index (χ0v) is 19.6. The number of para-hydroxylation sites is 1. The number of nitrogens with zero attached hydrogens (tertiary/aromatic N) is 1. The van der Waals surface area contributed by atoms with E-state index in [2.05, 4.69) is 5.32 Å². The van der Waals surface area contributed by atoms with Gasteiger partial charge in [-0.25, -0.2) is 8.42 Å². The van der Waals surface area contributed by atoms with Gasteiger partial charge in [-0.05, 0) is 48.9 Å². The zero-order chi connectivity index (χ0) is 22.4. The highest BCUT2D eigenvalue weighted by molar-refractivity contribution is 7.98. The number of carbonyl (C=O) groups excluding carboxylic acids is 1. The number of likely N-dealkylation sites (N-methyl/N-ethyl adjacent to an activating group) is 1. The number of carbonyl (C=O) groups is 1. The summed E-state index contributed by atoms with van der Waals surface area (Å²) in [7, 11) is -2.35. The molecule has 3 aromatic rings. The minimum Gasteiger partial charge on any atom is -0.324 e. The molecule has 1 amide bonds. The molecule has 0 aliphatic heterocycles. The number of benzene rings is 3. The van der Waals surface area contributed by atoms with E-state index in [0.29, 0.717) is 16.5 Å². The van der Waals surface area contributed by atoms with Crippen molar-refractivity contribution in [3.8, 4) is 0 Å². The fraction of sp³-hybridized carbons (Fsp3) is 0.174. The second-order valence-electron chi connectivity index (χ2n) is 7.03. The van der Waals surface area contributed by atoms with Crippen LogP contribution in [0.4, 0.5) is 5.69 Å². The molecular formula is C23H23ClN2O3S2. The Hall–Kier alpha value is -2.32. The number of rotatable bonds is 8. The minimum atomic E-state index is -3.75. The quantitative estimate of drug-likeness (QED) is 0.455. The number of nitrogens with one attached hydrogen (secondary N) is 1. The first-order valence-electron chi connectivity index (χ1n) is 9.55. The summed E-state index contributed by atoms with van der Waals surface area (Å²) in [4.78, 5) is 13.6. The number of hydrogen-bond acceptors (Lipinski definition) is 4. The molecule has 0 fully saturated rings. The molecule has 8 heteroatoms. The number of aryl methyl sites for hydroxylation is 1. The Kier molecular flexibility index (Phi) is 7.78. The van der Waals surface area contributed by atoms with Crippen LogP contribution in [-0.4, -0.2) is 32.2 Å². The number of anilines is 1. The first kappa shape index (κ1) is 23.3. The lowest BCUT2D eigenvalue weighted by Crippen LogP contribution is -2.35. The molecule has 0 aliphatic rings. The van der Waals surface area contributed by atoms with Crippen LogP contribution in [0.3, 0.4) is 0 Å². The lowest BCUT2D eigenvalue weighted by molar-refractivity contribution is -0.116. The summed E-state index contributed by atoms with van der Waals surface area (Å²) in [6.45, 7) is 1.60. The molecule has 0 aromatic heterocycles. The largest absolute Gasteiger partial charge is 0.324 e. The van der Waals surface area contributed by atoms with Crippen molar-refractivity contribution in [2.24, 2.45) is 0 Å². The summed E-state index contributed by atoms with van der Waals surface area (Å²) in [6.07, 6.45) is 0. The predicted octanol–water partition coefficient (Wildman–Crippen LogP) is 5.20. The summed E-state index contributed by atoms with van der Waals surface area (Å²) in [5.41, 5.74) is 2.72. The van der Waals surface area contributed by atoms with Crippen molar-refractivity contribution in [1.29, 1.82) is 0 Å². The van der Waals surface area contributed by atoms with E-state index in [1.165, 1.54) is 7.05 Å². The van der Waals surface area contributed by atoms with Gasteiger partial charge < -0.3 is 5.32 Å². The van der Waals surface area contributed by atoms with Crippen molar-refractivity contribution in [3.63, 3.8) is 0 Å². The summed E-state index contributed by atoms with van der Waals surface area (Å²) < 4.78 is 26.5. The maximum absolute atomic E-state index is 12.7. The van der Waals surface area contributed by atoms with Gasteiger partial charge in [-0.3, -0.25) is 4.79 Å². The van der Waals surface area contributed by atoms with Crippen LogP contribution in [0.5, 0.6) is 0 Å². The highest BCUT2D eigenvalue weighted by Gasteiger charge is 2.23. The maximum Gasteiger partial charge on any atom is 0.243 e. The average Bonchev–Trinajstić information content (AvgIpc) is 2.74. The lowest BCUT2D eigenvalue weighted by Gasteiger charge is -2.18. The highest BCUT2D eigenvalue weighted by Crippen LogP contribution is 2.30. The van der Waals surface area contributed by atoms with Crippen LogP contribution in [0, 0.1) is 6.92 Å². The summed E-state index contributed by atoms with van der Waals surface area (Å²) in [5.74, 6) is 0.309. The SMILES string of the molecule is Cc1ccc(S(=O)(=O)N(C)CC(=O)Nc2ccccc2SCc2ccc(Cl)cc2)cc1. The van der Waals surface area contributed by atoms with Crippen molar-refractivity contribution in [2.75, 3.05) is 18.9 Å². The molecule has 0 saturated heterocycles. The van der Waals surface area contributed by atoms with Crippen molar-refractivity contribution in [1.82, 2.24) is 4.31 Å². The van der Waals surface area contributed by atoms with Gasteiger partial charge in [0.05, 0.1) is 17.1 Å². The molecule has 31 heavy (non-hydrogen) atoms. The lowest BCUT2D eigenvalue weighted by atomic mass is 10.2. The smallest absolute Gasteiger partial charge is 0.243 e. The van der Waals surface area contributed by atoms with Crippen molar-refractivity contribution in [2.45, 2.75) is 22.5 Å². The summed E-state index contributed by atoms with van der Waals surface area (Å²) in [5, 5.41) is 3.52. The molecule has 0 heterocycles. The van der Waals surface area contributed by atoms with E-state index in [-0.39, 0.29) is 11.4 Å². The number of hydrogen-bond donors (Lipinski definition) is 1. The van der Waals surface area contributed by atoms with E-state index in [4.69, 9.17) is 11.6 Å². The third-order valence-corrected chi connectivity index (χ3v) is 7.78. The Labute approximate surface area is 192 Å². The molecule has 0 radical (unpaired) electrons. The van der Waals surface area contributed by atoms with Crippen LogP contribution in [0.15, 0.2) is 82.6 Å². The van der Waals surface area contributed by atoms with E-state index in [9.17, 15) is 13.2 Å². The van der Waals surface area contributed by atoms with Crippen LogP contribution in [0.2, 0.25) is 5.02 Å². The molecule has 3 rings (SSSR count). The van der Waals surface area contributed by atoms with Gasteiger partial charge in [-0.2, -0.15) is 4.31 Å². The molecule has 0 atom stereocenters. The standard InChI is InChI=1S/C23H23ClN2O3S2/c1-17-7-13-20(14-8-17)31(28,29)26(2)15-23(27)25-21-5-3-4-6-22(21)30-16-18-9-11-19(24)12-10-18/h3-14H,15-16H2,1-2H3,(H,25,27). The van der Waals surface area contributed by atoms with E-state index in [1.807, 2.05) is 49.4 Å². The number of sulfonamides is 1. The van der Waals surface area contributed by atoms with Crippen LogP contribution in [0.1, 0.15) is 11.1 Å². The van der Waals surface area contributed by atoms with Gasteiger partial charge in [0.25, 0.3) is 0 Å². The Bertz CT molecular complexity index is 1150. The maximum atomic E-state index is 12.7. The topological polar surface area (TPSA) is 66.5 Å². The van der Waals surface area contributed by atoms with Gasteiger partial charge in [0.15, 0.2) is 0 Å². The van der Waals surface area contributed by atoms with E-state index in [0.717, 1.165) is 20.3 Å². The van der Waals surface area contributed by atoms with Gasteiger partial charge in [0, 0.05) is 22.7 Å². The molecule has 0 saturated carbocycles. The van der Waals surface area contributed by atoms with Crippen LogP contribution < -0.4 is 5.32 Å². The Balaban J connectivity index is 1.65. The number of thioether (sulfide) groups is 1. The minimum absolute atomic E-state index is 0.160. The van der Waals surface area contributed by atoms with Crippen molar-refractivity contribution >= 4 is 45.0 Å². The van der Waals surface area contributed by atoms with E-state index < -0.39 is 15.9 Å². The monoisotopic (exact) mass is 474 g/mol. The zero-order valence-electron chi connectivity index (χ0n) is 17.2. The van der Waals surface area contributed by atoms with E-state index in [1.54, 1.807) is 42.1 Å². The molecular weight excluding hydrogens is 452 g/mol. The third-order valence-electron chi connectivity index (χ3n) is 4.56. The van der Waals surface area contributed by atoms with Crippen molar-refractivity contribution in [3.05, 3.63) is 88.9 Å². The first-order valence-corrected chi connectivity index (χ1v) is 12.4. The van der Waals surface area contributed by atoms with Crippen molar-refractivity contribution < 1.29 is 13.2 Å². The van der Waals surface area contributed by atoms with Gasteiger partial charge in [0.2, 0.25) is 15.9 Å². The highest BCUT2D eigenvalue weighted by atomic mass is 35.5. The fourth-order valence-corrected chi connectivity index (χ4v) is 5.02. The predicted molar refractivity (Wildman–Crippen MR) is 127 cm³/mol. The van der Waals surface area contributed by atoms with Crippen LogP contribution in [-0.2, 0) is 20.6 Å². The normalized spacial score (nSPS) is 11.5. The Morgan fingerprint density at radius 3 is 2.32 bits per heavy atom. The molecule has 5 nitrogen and oxygen atoms in total. The van der Waals surface area contributed by atoms with Crippen LogP contribution >= 0.6 is 23.4 Å². The van der Waals surface area contributed by atoms with E-state index >= 15 is 0 Å². The fourth-order valence-electron chi connectivity index (χ4n) is 2.80. The summed E-state index contributed by atoms with van der Waals surface area (Å²) in [6, 6.07) is 21.6. The average molecular weight is 475 g/mol. The molecule has 162 valence electrons. The molecule has 0 spiro atoms. The second-order valence-corrected chi connectivity index (χ2v) is 10.5. The van der Waals surface area contributed by atoms with Gasteiger partial charge >= 0.3 is 0 Å². The molecule has 0 unspecified atom stereocenters. The summed E-state index contributed by atoms with van der Waals surface area (Å²) >= 11 is 7.51. The molecule has 3 aromatic carbocycles. The molecule has 0 aliphatic carbocycles. The van der Waals surface area contributed by atoms with Crippen LogP contribution in [0.25, 0.3) is 0 Å². The van der Waals surface area contributed by atoms with Gasteiger partial charge in [-0.1, -0.05) is 53.6 Å². The number of amides is 1. The van der Waals surface area contributed by atoms with Gasteiger partial charge in [-0.15, -0.1) is 11.8 Å². The third kappa shape index (κ3) is 6.33. The second kappa shape index (κ2) is 10.3. The van der Waals surface area contributed by atoms with Gasteiger partial charge in [0.1, 0.15) is 0 Å².